The van der Waals surface area contributed by atoms with Crippen molar-refractivity contribution in [3.8, 4) is 11.5 Å². The van der Waals surface area contributed by atoms with E-state index in [9.17, 15) is 14.4 Å². The van der Waals surface area contributed by atoms with Crippen LogP contribution in [-0.4, -0.2) is 50.9 Å². The lowest BCUT2D eigenvalue weighted by Crippen LogP contribution is -2.43. The van der Waals surface area contributed by atoms with Gasteiger partial charge in [0.1, 0.15) is 12.5 Å². The van der Waals surface area contributed by atoms with Gasteiger partial charge in [-0.25, -0.2) is 4.79 Å². The minimum Gasteiger partial charge on any atom is -0.468 e. The van der Waals surface area contributed by atoms with E-state index in [0.717, 1.165) is 0 Å². The molecule has 3 aliphatic rings. The molecule has 1 aromatic rings. The highest BCUT2D eigenvalue weighted by Crippen LogP contribution is 2.47. The molecule has 0 unspecified atom stereocenters. The van der Waals surface area contributed by atoms with E-state index < -0.39 is 23.8 Å². The predicted molar refractivity (Wildman–Crippen MR) is 125 cm³/mol. The molecule has 4 rings (SSSR count). The minimum atomic E-state index is -0.952. The molecule has 0 radical (unpaired) electrons. The van der Waals surface area contributed by atoms with Gasteiger partial charge >= 0.3 is 11.9 Å². The number of carbonyl (C=O) groups excluding carboxylic acids is 3. The van der Waals surface area contributed by atoms with Crippen molar-refractivity contribution in [3.63, 3.8) is 0 Å². The van der Waals surface area contributed by atoms with E-state index in [2.05, 4.69) is 5.32 Å². The van der Waals surface area contributed by atoms with E-state index >= 15 is 0 Å². The molecule has 9 nitrogen and oxygen atoms in total. The van der Waals surface area contributed by atoms with Crippen LogP contribution in [0.3, 0.4) is 0 Å². The molecule has 0 amide bonds. The highest BCUT2D eigenvalue weighted by atomic mass is 16.7. The standard InChI is InChI=1S/C26H31NO8/c1-13(2)32-8-9-33-26(30)21-15(4)27-17-10-14(3)20(25(29)31-5)24(28)23(17)22(21)16-6-7-18-19(11-16)35-12-34-18/h6-7,11,13-14,20,22,27H,8-10,12H2,1-5H3/t14-,20-,22+/m1/s1. The normalized spacial score (nSPS) is 23.3. The molecule has 0 fully saturated rings. The molecule has 188 valence electrons. The van der Waals surface area contributed by atoms with E-state index in [1.807, 2.05) is 20.8 Å². The summed E-state index contributed by atoms with van der Waals surface area (Å²) in [4.78, 5) is 39.6. The monoisotopic (exact) mass is 485 g/mol. The highest BCUT2D eigenvalue weighted by molar-refractivity contribution is 6.12. The number of methoxy groups -OCH3 is 1. The second-order valence-electron chi connectivity index (χ2n) is 9.20. The van der Waals surface area contributed by atoms with Crippen molar-refractivity contribution in [3.05, 3.63) is 46.3 Å². The number of allylic oxidation sites excluding steroid dienone is 3. The van der Waals surface area contributed by atoms with E-state index in [1.165, 1.54) is 7.11 Å². The largest absolute Gasteiger partial charge is 0.468 e. The Morgan fingerprint density at radius 3 is 2.63 bits per heavy atom. The number of hydrogen-bond donors (Lipinski definition) is 1. The Labute approximate surface area is 204 Å². The molecule has 0 spiro atoms. The molecule has 3 atom stereocenters. The lowest BCUT2D eigenvalue weighted by atomic mass is 9.69. The van der Waals surface area contributed by atoms with Crippen molar-refractivity contribution >= 4 is 17.7 Å². The molecule has 2 aliphatic heterocycles. The molecular weight excluding hydrogens is 454 g/mol. The van der Waals surface area contributed by atoms with Crippen LogP contribution in [0, 0.1) is 11.8 Å². The van der Waals surface area contributed by atoms with Gasteiger partial charge in [-0.1, -0.05) is 13.0 Å². The van der Waals surface area contributed by atoms with E-state index in [0.29, 0.717) is 46.0 Å². The van der Waals surface area contributed by atoms with Crippen molar-refractivity contribution in [1.29, 1.82) is 0 Å². The molecule has 1 N–H and O–H groups in total. The van der Waals surface area contributed by atoms with Crippen LogP contribution < -0.4 is 14.8 Å². The maximum Gasteiger partial charge on any atom is 0.336 e. The number of esters is 2. The Morgan fingerprint density at radius 2 is 1.91 bits per heavy atom. The molecule has 0 aromatic heterocycles. The zero-order valence-electron chi connectivity index (χ0n) is 20.6. The number of nitrogens with one attached hydrogen (secondary N) is 1. The first kappa shape index (κ1) is 24.8. The number of ether oxygens (including phenoxy) is 5. The van der Waals surface area contributed by atoms with E-state index in [1.54, 1.807) is 25.1 Å². The van der Waals surface area contributed by atoms with Gasteiger partial charge in [0.2, 0.25) is 6.79 Å². The van der Waals surface area contributed by atoms with Crippen LogP contribution in [-0.2, 0) is 28.6 Å². The van der Waals surface area contributed by atoms with Crippen LogP contribution in [0.1, 0.15) is 45.6 Å². The van der Waals surface area contributed by atoms with Crippen LogP contribution in [0.2, 0.25) is 0 Å². The summed E-state index contributed by atoms with van der Waals surface area (Å²) in [7, 11) is 1.27. The lowest BCUT2D eigenvalue weighted by Gasteiger charge is -2.38. The van der Waals surface area contributed by atoms with Gasteiger partial charge in [-0.05, 0) is 50.8 Å². The SMILES string of the molecule is COC(=O)[C@H]1C(=O)C2=C(C[C@H]1C)NC(C)=C(C(=O)OCCOC(C)C)[C@@H]2c1ccc2c(c1)OCO2. The summed E-state index contributed by atoms with van der Waals surface area (Å²) in [6.45, 7) is 7.85. The number of rotatable bonds is 7. The van der Waals surface area contributed by atoms with Crippen molar-refractivity contribution in [1.82, 2.24) is 5.32 Å². The molecule has 9 heteroatoms. The zero-order chi connectivity index (χ0) is 25.3. The Bertz CT molecular complexity index is 1100. The quantitative estimate of drug-likeness (QED) is 0.354. The van der Waals surface area contributed by atoms with Crippen molar-refractivity contribution in [2.45, 2.75) is 46.1 Å². The molecule has 1 aliphatic carbocycles. The van der Waals surface area contributed by atoms with Crippen molar-refractivity contribution in [2.24, 2.45) is 11.8 Å². The lowest BCUT2D eigenvalue weighted by molar-refractivity contribution is -0.151. The van der Waals surface area contributed by atoms with E-state index in [4.69, 9.17) is 23.7 Å². The number of ketones is 1. The number of Topliss-reactive ketones (excluding diaryl/α,β-unsaturated/α-hetero) is 1. The second-order valence-corrected chi connectivity index (χ2v) is 9.20. The summed E-state index contributed by atoms with van der Waals surface area (Å²) in [6.07, 6.45) is 0.473. The van der Waals surface area contributed by atoms with Gasteiger partial charge in [0.05, 0.1) is 25.4 Å². The maximum atomic E-state index is 13.7. The second kappa shape index (κ2) is 10.1. The Morgan fingerprint density at radius 1 is 1.17 bits per heavy atom. The van der Waals surface area contributed by atoms with Crippen molar-refractivity contribution < 1.29 is 38.1 Å². The minimum absolute atomic E-state index is 0.0113. The molecule has 35 heavy (non-hydrogen) atoms. The average Bonchev–Trinajstić information content (AvgIpc) is 3.28. The van der Waals surface area contributed by atoms with Gasteiger partial charge in [-0.2, -0.15) is 0 Å². The third-order valence-corrected chi connectivity index (χ3v) is 6.46. The van der Waals surface area contributed by atoms with Crippen LogP contribution >= 0.6 is 0 Å². The fourth-order valence-electron chi connectivity index (χ4n) is 4.87. The first-order valence-electron chi connectivity index (χ1n) is 11.7. The Balaban J connectivity index is 1.75. The third kappa shape index (κ3) is 4.77. The summed E-state index contributed by atoms with van der Waals surface area (Å²) in [5, 5.41) is 3.25. The van der Waals surface area contributed by atoms with Crippen molar-refractivity contribution in [2.75, 3.05) is 27.1 Å². The topological polar surface area (TPSA) is 109 Å². The fourth-order valence-corrected chi connectivity index (χ4v) is 4.87. The molecule has 0 bridgehead atoms. The summed E-state index contributed by atoms with van der Waals surface area (Å²) >= 11 is 0. The average molecular weight is 486 g/mol. The van der Waals surface area contributed by atoms with Gasteiger partial charge < -0.3 is 29.0 Å². The summed E-state index contributed by atoms with van der Waals surface area (Å²) in [5.41, 5.74) is 2.63. The number of dihydropyridines is 1. The van der Waals surface area contributed by atoms with Gasteiger partial charge in [-0.3, -0.25) is 9.59 Å². The Hall–Kier alpha value is -3.33. The Kier molecular flexibility index (Phi) is 7.16. The summed E-state index contributed by atoms with van der Waals surface area (Å²) in [5.74, 6) is -2.34. The van der Waals surface area contributed by atoms with Gasteiger partial charge in [0.15, 0.2) is 17.3 Å². The van der Waals surface area contributed by atoms with Crippen LogP contribution in [0.4, 0.5) is 0 Å². The fraction of sp³-hybridized carbons (Fsp3) is 0.500. The summed E-state index contributed by atoms with van der Waals surface area (Å²) in [6, 6.07) is 5.32. The van der Waals surface area contributed by atoms with E-state index in [-0.39, 0.29) is 37.8 Å². The highest BCUT2D eigenvalue weighted by Gasteiger charge is 2.47. The number of benzene rings is 1. The van der Waals surface area contributed by atoms with Crippen LogP contribution in [0.25, 0.3) is 0 Å². The molecule has 0 saturated heterocycles. The first-order valence-corrected chi connectivity index (χ1v) is 11.7. The number of fused-ring (bicyclic) bond motifs is 1. The smallest absolute Gasteiger partial charge is 0.336 e. The molecule has 0 saturated carbocycles. The molecule has 1 aromatic carbocycles. The number of hydrogen-bond acceptors (Lipinski definition) is 9. The zero-order valence-corrected chi connectivity index (χ0v) is 20.6. The predicted octanol–water partition coefficient (Wildman–Crippen LogP) is 3.00. The number of carbonyl (C=O) groups is 3. The molecular formula is C26H31NO8. The first-order chi connectivity index (χ1) is 16.7. The van der Waals surface area contributed by atoms with Gasteiger partial charge in [0.25, 0.3) is 0 Å². The van der Waals surface area contributed by atoms with Crippen LogP contribution in [0.15, 0.2) is 40.7 Å². The maximum absolute atomic E-state index is 13.7. The molecule has 2 heterocycles. The van der Waals surface area contributed by atoms with Gasteiger partial charge in [0, 0.05) is 22.9 Å². The summed E-state index contributed by atoms with van der Waals surface area (Å²) < 4.78 is 26.9. The van der Waals surface area contributed by atoms with Gasteiger partial charge in [-0.15, -0.1) is 0 Å². The third-order valence-electron chi connectivity index (χ3n) is 6.46. The van der Waals surface area contributed by atoms with Crippen LogP contribution in [0.5, 0.6) is 11.5 Å².